The molecular weight excluding hydrogens is 473 g/mol. The monoisotopic (exact) mass is 503 g/mol. The van der Waals surface area contributed by atoms with Gasteiger partial charge in [0.2, 0.25) is 0 Å². The van der Waals surface area contributed by atoms with Gasteiger partial charge in [-0.1, -0.05) is 25.0 Å². The van der Waals surface area contributed by atoms with E-state index in [4.69, 9.17) is 4.74 Å². The molecule has 2 aliphatic rings. The Kier molecular flexibility index (Phi) is 6.33. The molecule has 192 valence electrons. The molecule has 4 aromatic rings. The highest BCUT2D eigenvalue weighted by atomic mass is 19.1. The maximum atomic E-state index is 14.5. The first-order chi connectivity index (χ1) is 18.1. The molecule has 1 atom stereocenters. The van der Waals surface area contributed by atoms with Crippen LogP contribution in [0.5, 0.6) is 5.75 Å². The summed E-state index contributed by atoms with van der Waals surface area (Å²) in [6.45, 7) is 2.52. The number of nitrogens with one attached hydrogen (secondary N) is 1. The zero-order valence-electron chi connectivity index (χ0n) is 20.8. The van der Waals surface area contributed by atoms with Gasteiger partial charge in [0, 0.05) is 42.6 Å². The van der Waals surface area contributed by atoms with Crippen LogP contribution >= 0.6 is 0 Å². The number of pyridine rings is 1. The number of piperazine rings is 1. The van der Waals surface area contributed by atoms with Crippen molar-refractivity contribution in [3.63, 3.8) is 0 Å². The van der Waals surface area contributed by atoms with Crippen LogP contribution in [0.15, 0.2) is 53.3 Å². The summed E-state index contributed by atoms with van der Waals surface area (Å²) in [6, 6.07) is 14.2. The Hall–Kier alpha value is -3.79. The first kappa shape index (κ1) is 23.6. The summed E-state index contributed by atoms with van der Waals surface area (Å²) in [6.07, 6.45) is 4.34. The summed E-state index contributed by atoms with van der Waals surface area (Å²) in [5.41, 5.74) is 1.77. The normalized spacial score (nSPS) is 17.9. The maximum Gasteiger partial charge on any atom is 0.253 e. The number of nitrogens with zero attached hydrogens (tertiary/aromatic N) is 6. The Morgan fingerprint density at radius 3 is 2.59 bits per heavy atom. The number of hydrogen-bond acceptors (Lipinski definition) is 7. The third-order valence-corrected chi connectivity index (χ3v) is 7.68. The molecule has 1 aliphatic carbocycles. The molecular formula is C27H30FN7O2. The van der Waals surface area contributed by atoms with E-state index in [2.05, 4.69) is 30.3 Å². The maximum absolute atomic E-state index is 14.5. The molecule has 1 saturated heterocycles. The third-order valence-electron chi connectivity index (χ3n) is 7.68. The number of ether oxygens (including phenoxy) is 1. The number of aromatic nitrogens is 5. The number of para-hydroxylation sites is 1. The van der Waals surface area contributed by atoms with Crippen molar-refractivity contribution in [2.24, 2.45) is 0 Å². The van der Waals surface area contributed by atoms with E-state index in [0.717, 1.165) is 42.3 Å². The SMILES string of the molecule is COc1ccc2[nH]c(=O)c([C@H](c3nnnn3C3CCCC3)N3CCN(c4ccccc4F)CC3)cc2c1. The van der Waals surface area contributed by atoms with Gasteiger partial charge in [-0.3, -0.25) is 9.69 Å². The number of anilines is 1. The molecule has 3 heterocycles. The first-order valence-electron chi connectivity index (χ1n) is 12.8. The molecule has 1 aliphatic heterocycles. The quantitative estimate of drug-likeness (QED) is 0.429. The minimum Gasteiger partial charge on any atom is -0.497 e. The smallest absolute Gasteiger partial charge is 0.253 e. The van der Waals surface area contributed by atoms with Gasteiger partial charge in [0.1, 0.15) is 17.6 Å². The van der Waals surface area contributed by atoms with Crippen molar-refractivity contribution < 1.29 is 9.13 Å². The number of hydrogen-bond donors (Lipinski definition) is 1. The molecule has 9 nitrogen and oxygen atoms in total. The topological polar surface area (TPSA) is 92.2 Å². The number of aromatic amines is 1. The molecule has 0 spiro atoms. The fraction of sp³-hybridized carbons (Fsp3) is 0.407. The Labute approximate surface area is 213 Å². The molecule has 2 fully saturated rings. The number of rotatable bonds is 6. The van der Waals surface area contributed by atoms with E-state index in [0.29, 0.717) is 43.3 Å². The van der Waals surface area contributed by atoms with Crippen molar-refractivity contribution in [3.05, 3.63) is 76.1 Å². The summed E-state index contributed by atoms with van der Waals surface area (Å²) in [7, 11) is 1.63. The van der Waals surface area contributed by atoms with Crippen LogP contribution in [-0.4, -0.2) is 63.4 Å². The van der Waals surface area contributed by atoms with E-state index < -0.39 is 6.04 Å². The average molecular weight is 504 g/mol. The number of tetrazole rings is 1. The van der Waals surface area contributed by atoms with Gasteiger partial charge >= 0.3 is 0 Å². The average Bonchev–Trinajstić information content (AvgIpc) is 3.62. The molecule has 1 N–H and O–H groups in total. The largest absolute Gasteiger partial charge is 0.497 e. The molecule has 2 aromatic carbocycles. The second kappa shape index (κ2) is 9.93. The van der Waals surface area contributed by atoms with Crippen molar-refractivity contribution in [2.75, 3.05) is 38.2 Å². The zero-order valence-corrected chi connectivity index (χ0v) is 20.8. The Morgan fingerprint density at radius 1 is 1.05 bits per heavy atom. The van der Waals surface area contributed by atoms with E-state index in [-0.39, 0.29) is 17.4 Å². The lowest BCUT2D eigenvalue weighted by Gasteiger charge is -2.39. The van der Waals surface area contributed by atoms with Gasteiger partial charge in [0.25, 0.3) is 5.56 Å². The highest BCUT2D eigenvalue weighted by Gasteiger charge is 2.35. The Bertz CT molecular complexity index is 1450. The summed E-state index contributed by atoms with van der Waals surface area (Å²) >= 11 is 0. The second-order valence-electron chi connectivity index (χ2n) is 9.80. The highest BCUT2D eigenvalue weighted by Crippen LogP contribution is 2.35. The molecule has 6 rings (SSSR count). The zero-order chi connectivity index (χ0) is 25.4. The predicted octanol–water partition coefficient (Wildman–Crippen LogP) is 3.69. The number of methoxy groups -OCH3 is 1. The molecule has 0 amide bonds. The lowest BCUT2D eigenvalue weighted by Crippen LogP contribution is -2.49. The molecule has 0 radical (unpaired) electrons. The van der Waals surface area contributed by atoms with Crippen molar-refractivity contribution in [1.82, 2.24) is 30.1 Å². The standard InChI is InChI=1S/C27H30FN7O2/c1-37-20-10-11-23-18(16-20)17-21(27(36)29-23)25(26-30-31-32-35(26)19-6-2-3-7-19)34-14-12-33(13-15-34)24-9-5-4-8-22(24)28/h4-5,8-11,16-17,19,25H,2-3,6-7,12-15H2,1H3,(H,29,36)/t25-/m1/s1. The van der Waals surface area contributed by atoms with Crippen LogP contribution in [0, 0.1) is 5.82 Å². The Balaban J connectivity index is 1.40. The van der Waals surface area contributed by atoms with Crippen molar-refractivity contribution in [3.8, 4) is 5.75 Å². The van der Waals surface area contributed by atoms with E-state index in [1.165, 1.54) is 6.07 Å². The molecule has 2 aromatic heterocycles. The number of benzene rings is 2. The van der Waals surface area contributed by atoms with Crippen molar-refractivity contribution in [2.45, 2.75) is 37.8 Å². The van der Waals surface area contributed by atoms with Crippen LogP contribution in [0.2, 0.25) is 0 Å². The molecule has 0 unspecified atom stereocenters. The van der Waals surface area contributed by atoms with E-state index in [9.17, 15) is 9.18 Å². The molecule has 0 bridgehead atoms. The van der Waals surface area contributed by atoms with E-state index >= 15 is 0 Å². The van der Waals surface area contributed by atoms with Crippen LogP contribution in [0.3, 0.4) is 0 Å². The summed E-state index contributed by atoms with van der Waals surface area (Å²) in [4.78, 5) is 20.8. The third kappa shape index (κ3) is 4.46. The van der Waals surface area contributed by atoms with Gasteiger partial charge in [-0.15, -0.1) is 5.10 Å². The lowest BCUT2D eigenvalue weighted by molar-refractivity contribution is 0.196. The fourth-order valence-corrected chi connectivity index (χ4v) is 5.75. The van der Waals surface area contributed by atoms with Crippen LogP contribution in [-0.2, 0) is 0 Å². The van der Waals surface area contributed by atoms with Crippen LogP contribution in [0.1, 0.15) is 49.2 Å². The van der Waals surface area contributed by atoms with Crippen molar-refractivity contribution in [1.29, 1.82) is 0 Å². The molecule has 1 saturated carbocycles. The Morgan fingerprint density at radius 2 is 1.84 bits per heavy atom. The lowest BCUT2D eigenvalue weighted by atomic mass is 10.0. The van der Waals surface area contributed by atoms with Crippen molar-refractivity contribution >= 4 is 16.6 Å². The second-order valence-corrected chi connectivity index (χ2v) is 9.80. The fourth-order valence-electron chi connectivity index (χ4n) is 5.75. The molecule has 10 heteroatoms. The first-order valence-corrected chi connectivity index (χ1v) is 12.8. The number of H-pyrrole nitrogens is 1. The minimum absolute atomic E-state index is 0.167. The van der Waals surface area contributed by atoms with Crippen LogP contribution in [0.25, 0.3) is 10.9 Å². The predicted molar refractivity (Wildman–Crippen MR) is 138 cm³/mol. The number of fused-ring (bicyclic) bond motifs is 1. The van der Waals surface area contributed by atoms with E-state index in [1.54, 1.807) is 13.2 Å². The van der Waals surface area contributed by atoms with Crippen LogP contribution in [0.4, 0.5) is 10.1 Å². The summed E-state index contributed by atoms with van der Waals surface area (Å²) in [5, 5.41) is 13.8. The molecule has 37 heavy (non-hydrogen) atoms. The van der Waals surface area contributed by atoms with Gasteiger partial charge in [-0.2, -0.15) is 0 Å². The minimum atomic E-state index is -0.433. The van der Waals surface area contributed by atoms with Gasteiger partial charge < -0.3 is 14.6 Å². The highest BCUT2D eigenvalue weighted by molar-refractivity contribution is 5.80. The van der Waals surface area contributed by atoms with Crippen LogP contribution < -0.4 is 15.2 Å². The van der Waals surface area contributed by atoms with Gasteiger partial charge in [-0.25, -0.2) is 9.07 Å². The van der Waals surface area contributed by atoms with Gasteiger partial charge in [-0.05, 0) is 59.7 Å². The van der Waals surface area contributed by atoms with E-state index in [1.807, 2.05) is 41.1 Å². The van der Waals surface area contributed by atoms with Gasteiger partial charge in [0.15, 0.2) is 5.82 Å². The van der Waals surface area contributed by atoms with Gasteiger partial charge in [0.05, 0.1) is 18.8 Å². The summed E-state index contributed by atoms with van der Waals surface area (Å²) < 4.78 is 21.8. The number of halogens is 1. The summed E-state index contributed by atoms with van der Waals surface area (Å²) in [5.74, 6) is 1.17.